The number of alkyl halides is 10. The average molecular weight is 436 g/mol. The smallest absolute Gasteiger partial charge is 0.299 e. The molecule has 0 spiro atoms. The maximum Gasteiger partial charge on any atom is 0.404 e. The number of Topliss-reactive ketones (excluding diaryl/α,β-unsaturated/α-hetero) is 1. The van der Waals surface area contributed by atoms with Crippen molar-refractivity contribution in [3.63, 3.8) is 0 Å². The highest BCUT2D eigenvalue weighted by molar-refractivity contribution is 6.70. The van der Waals surface area contributed by atoms with Crippen LogP contribution in [0.1, 0.15) is 6.92 Å². The van der Waals surface area contributed by atoms with Crippen LogP contribution in [0, 0.1) is 10.8 Å². The van der Waals surface area contributed by atoms with Crippen molar-refractivity contribution in [3.8, 4) is 0 Å². The SMILES string of the molecule is CC(=O)C(C(=O)F)(C(Cl)(Cl)Cl)C(C(F)F)(C(Cl)Cl)C(F)(F)F. The summed E-state index contributed by atoms with van der Waals surface area (Å²) in [5.74, 6) is -2.14. The summed E-state index contributed by atoms with van der Waals surface area (Å²) >= 11 is 25.3. The first-order valence-electron chi connectivity index (χ1n) is 4.93. The van der Waals surface area contributed by atoms with Gasteiger partial charge in [-0.3, -0.25) is 9.59 Å². The van der Waals surface area contributed by atoms with Crippen molar-refractivity contribution >= 4 is 69.8 Å². The van der Waals surface area contributed by atoms with E-state index in [1.807, 2.05) is 0 Å². The molecule has 0 heterocycles. The van der Waals surface area contributed by atoms with Gasteiger partial charge in [0.25, 0.3) is 6.43 Å². The quantitative estimate of drug-likeness (QED) is 0.262. The van der Waals surface area contributed by atoms with Crippen molar-refractivity contribution in [1.82, 2.24) is 0 Å². The highest BCUT2D eigenvalue weighted by Crippen LogP contribution is 2.67. The van der Waals surface area contributed by atoms with E-state index in [-0.39, 0.29) is 6.92 Å². The van der Waals surface area contributed by atoms with Crippen LogP contribution in [0.2, 0.25) is 0 Å². The topological polar surface area (TPSA) is 34.1 Å². The Labute approximate surface area is 144 Å². The van der Waals surface area contributed by atoms with Crippen molar-refractivity contribution in [1.29, 1.82) is 0 Å². The maximum absolute atomic E-state index is 13.5. The molecule has 0 amide bonds. The molecule has 0 fully saturated rings. The number of carbonyl (C=O) groups excluding carboxylic acids is 2. The van der Waals surface area contributed by atoms with E-state index in [4.69, 9.17) is 58.0 Å². The zero-order chi connectivity index (χ0) is 18.3. The summed E-state index contributed by atoms with van der Waals surface area (Å²) in [5.41, 5.74) is -9.50. The molecule has 0 saturated carbocycles. The maximum atomic E-state index is 13.5. The van der Waals surface area contributed by atoms with Gasteiger partial charge in [-0.05, 0) is 6.92 Å². The number of hydrogen-bond donors (Lipinski definition) is 0. The van der Waals surface area contributed by atoms with Gasteiger partial charge in [-0.2, -0.15) is 17.6 Å². The summed E-state index contributed by atoms with van der Waals surface area (Å²) in [6, 6.07) is -3.26. The van der Waals surface area contributed by atoms with Crippen molar-refractivity contribution in [3.05, 3.63) is 0 Å². The third-order valence-corrected chi connectivity index (χ3v) is 4.56. The average Bonchev–Trinajstić information content (AvgIpc) is 2.18. The standard InChI is InChI=1S/C9H5Cl5F6O2/c1-2(21)6(5(17)22,8(12,13)14)7(3(10)11,4(15)16)9(18,19)20/h3-4H,1H3. The first kappa shape index (κ1) is 22.4. The second kappa shape index (κ2) is 6.70. The van der Waals surface area contributed by atoms with Crippen LogP contribution >= 0.6 is 58.0 Å². The van der Waals surface area contributed by atoms with Gasteiger partial charge in [0.05, 0.1) is 0 Å². The molecule has 2 atom stereocenters. The number of ketones is 1. The molecule has 130 valence electrons. The van der Waals surface area contributed by atoms with Gasteiger partial charge in [0.2, 0.25) is 3.79 Å². The van der Waals surface area contributed by atoms with Crippen LogP contribution in [-0.2, 0) is 9.59 Å². The van der Waals surface area contributed by atoms with Gasteiger partial charge >= 0.3 is 12.2 Å². The molecular weight excluding hydrogens is 431 g/mol. The third kappa shape index (κ3) is 2.90. The van der Waals surface area contributed by atoms with E-state index in [9.17, 15) is 35.9 Å². The van der Waals surface area contributed by atoms with Gasteiger partial charge in [-0.25, -0.2) is 8.78 Å². The van der Waals surface area contributed by atoms with Crippen LogP contribution in [0.3, 0.4) is 0 Å². The molecule has 22 heavy (non-hydrogen) atoms. The van der Waals surface area contributed by atoms with Gasteiger partial charge in [-0.1, -0.05) is 34.8 Å². The molecule has 0 aliphatic heterocycles. The first-order chi connectivity index (χ1) is 9.52. The van der Waals surface area contributed by atoms with Gasteiger partial charge in [0.15, 0.2) is 16.6 Å². The number of halogens is 11. The fraction of sp³-hybridized carbons (Fsp3) is 0.778. The molecule has 0 saturated heterocycles. The number of hydrogen-bond acceptors (Lipinski definition) is 2. The Kier molecular flexibility index (Phi) is 6.82. The molecule has 0 bridgehead atoms. The Morgan fingerprint density at radius 1 is 1.00 bits per heavy atom. The van der Waals surface area contributed by atoms with E-state index in [1.54, 1.807) is 0 Å². The highest BCUT2D eigenvalue weighted by atomic mass is 35.6. The molecule has 13 heteroatoms. The summed E-state index contributed by atoms with van der Waals surface area (Å²) in [6.07, 6.45) is -10.9. The van der Waals surface area contributed by atoms with E-state index in [0.29, 0.717) is 0 Å². The van der Waals surface area contributed by atoms with Crippen molar-refractivity contribution in [2.75, 3.05) is 0 Å². The van der Waals surface area contributed by atoms with Crippen molar-refractivity contribution < 1.29 is 35.9 Å². The van der Waals surface area contributed by atoms with E-state index in [0.717, 1.165) is 0 Å². The molecule has 0 radical (unpaired) electrons. The summed E-state index contributed by atoms with van der Waals surface area (Å²) < 4.78 is 76.3. The summed E-state index contributed by atoms with van der Waals surface area (Å²) in [4.78, 5) is 19.5. The molecule has 0 aliphatic rings. The van der Waals surface area contributed by atoms with Crippen LogP contribution in [0.4, 0.5) is 26.3 Å². The minimum Gasteiger partial charge on any atom is -0.299 e. The number of carbonyl (C=O) groups is 2. The van der Waals surface area contributed by atoms with Gasteiger partial charge in [0, 0.05) is 0 Å². The van der Waals surface area contributed by atoms with E-state index in [2.05, 4.69) is 0 Å². The minimum atomic E-state index is -6.19. The predicted molar refractivity (Wildman–Crippen MR) is 69.5 cm³/mol. The normalized spacial score (nSPS) is 19.0. The third-order valence-electron chi connectivity index (χ3n) is 3.03. The Bertz CT molecular complexity index is 436. The molecule has 0 aromatic rings. The molecule has 0 aromatic heterocycles. The Morgan fingerprint density at radius 3 is 1.41 bits per heavy atom. The lowest BCUT2D eigenvalue weighted by Crippen LogP contribution is -2.70. The predicted octanol–water partition coefficient (Wildman–Crippen LogP) is 5.05. The largest absolute Gasteiger partial charge is 0.404 e. The molecule has 0 rings (SSSR count). The van der Waals surface area contributed by atoms with E-state index in [1.165, 1.54) is 0 Å². The Morgan fingerprint density at radius 2 is 1.36 bits per heavy atom. The van der Waals surface area contributed by atoms with Crippen LogP contribution in [0.5, 0.6) is 0 Å². The Hall–Kier alpha value is 0.370. The van der Waals surface area contributed by atoms with Crippen molar-refractivity contribution in [2.45, 2.75) is 28.2 Å². The Balaban J connectivity index is 7.28. The molecule has 2 nitrogen and oxygen atoms in total. The van der Waals surface area contributed by atoms with Crippen LogP contribution < -0.4 is 0 Å². The zero-order valence-electron chi connectivity index (χ0n) is 10.1. The lowest BCUT2D eigenvalue weighted by atomic mass is 9.62. The lowest BCUT2D eigenvalue weighted by Gasteiger charge is -2.49. The molecule has 0 aliphatic carbocycles. The molecule has 2 unspecified atom stereocenters. The second-order valence-electron chi connectivity index (χ2n) is 4.05. The van der Waals surface area contributed by atoms with Gasteiger partial charge in [0.1, 0.15) is 4.84 Å². The van der Waals surface area contributed by atoms with Crippen LogP contribution in [0.15, 0.2) is 0 Å². The fourth-order valence-electron chi connectivity index (χ4n) is 2.02. The monoisotopic (exact) mass is 434 g/mol. The molecule has 0 aromatic carbocycles. The van der Waals surface area contributed by atoms with Gasteiger partial charge < -0.3 is 0 Å². The first-order valence-corrected chi connectivity index (χ1v) is 6.94. The lowest BCUT2D eigenvalue weighted by molar-refractivity contribution is -0.292. The summed E-state index contributed by atoms with van der Waals surface area (Å²) in [7, 11) is 0. The summed E-state index contributed by atoms with van der Waals surface area (Å²) in [6.45, 7) is 0.165. The second-order valence-corrected chi connectivity index (χ2v) is 7.42. The van der Waals surface area contributed by atoms with Gasteiger partial charge in [-0.15, -0.1) is 23.2 Å². The van der Waals surface area contributed by atoms with Crippen LogP contribution in [-0.4, -0.2) is 33.1 Å². The minimum absolute atomic E-state index is 0.165. The van der Waals surface area contributed by atoms with Crippen molar-refractivity contribution in [2.24, 2.45) is 10.8 Å². The molecular formula is C9H5Cl5F6O2. The van der Waals surface area contributed by atoms with E-state index >= 15 is 0 Å². The fourth-order valence-corrected chi connectivity index (χ4v) is 3.88. The number of rotatable bonds is 5. The van der Waals surface area contributed by atoms with Crippen LogP contribution in [0.25, 0.3) is 0 Å². The summed E-state index contributed by atoms with van der Waals surface area (Å²) in [5, 5.41) is 0. The van der Waals surface area contributed by atoms with E-state index < -0.39 is 43.9 Å². The highest BCUT2D eigenvalue weighted by Gasteiger charge is 2.85. The zero-order valence-corrected chi connectivity index (χ0v) is 13.9. The molecule has 0 N–H and O–H groups in total.